The number of rotatable bonds is 7. The summed E-state index contributed by atoms with van der Waals surface area (Å²) in [6, 6.07) is 8.32. The van der Waals surface area contributed by atoms with Crippen molar-refractivity contribution in [2.24, 2.45) is 0 Å². The van der Waals surface area contributed by atoms with E-state index in [2.05, 4.69) is 20.6 Å². The average molecular weight is 316 g/mol. The Morgan fingerprint density at radius 2 is 1.87 bits per heavy atom. The SMILES string of the molecule is Cc1cc(C)nc(NCCCC(=O)NCc2ccccc2F)n1. The molecule has 0 aliphatic carbocycles. The number of amides is 1. The van der Waals surface area contributed by atoms with E-state index in [-0.39, 0.29) is 18.3 Å². The highest BCUT2D eigenvalue weighted by atomic mass is 19.1. The third kappa shape index (κ3) is 5.65. The summed E-state index contributed by atoms with van der Waals surface area (Å²) in [4.78, 5) is 20.3. The van der Waals surface area contributed by atoms with Gasteiger partial charge in [-0.2, -0.15) is 0 Å². The summed E-state index contributed by atoms with van der Waals surface area (Å²) in [6.45, 7) is 4.64. The molecule has 5 nitrogen and oxygen atoms in total. The van der Waals surface area contributed by atoms with Crippen LogP contribution in [0.3, 0.4) is 0 Å². The fourth-order valence-corrected chi connectivity index (χ4v) is 2.18. The van der Waals surface area contributed by atoms with E-state index < -0.39 is 0 Å². The smallest absolute Gasteiger partial charge is 0.223 e. The maximum atomic E-state index is 13.4. The van der Waals surface area contributed by atoms with Crippen LogP contribution in [0.1, 0.15) is 29.8 Å². The van der Waals surface area contributed by atoms with Crippen molar-refractivity contribution in [2.45, 2.75) is 33.2 Å². The lowest BCUT2D eigenvalue weighted by Gasteiger charge is -2.08. The number of carbonyl (C=O) groups excluding carboxylic acids is 1. The van der Waals surface area contributed by atoms with Gasteiger partial charge in [0.05, 0.1) is 0 Å². The molecule has 0 fully saturated rings. The summed E-state index contributed by atoms with van der Waals surface area (Å²) < 4.78 is 13.4. The minimum absolute atomic E-state index is 0.101. The van der Waals surface area contributed by atoms with E-state index in [1.165, 1.54) is 6.07 Å². The molecule has 122 valence electrons. The van der Waals surface area contributed by atoms with E-state index in [9.17, 15) is 9.18 Å². The number of nitrogens with one attached hydrogen (secondary N) is 2. The molecule has 0 aliphatic heterocycles. The van der Waals surface area contributed by atoms with E-state index in [0.29, 0.717) is 30.9 Å². The van der Waals surface area contributed by atoms with E-state index in [1.54, 1.807) is 18.2 Å². The molecule has 0 spiro atoms. The Labute approximate surface area is 135 Å². The second-order valence-electron chi connectivity index (χ2n) is 5.37. The van der Waals surface area contributed by atoms with Gasteiger partial charge >= 0.3 is 0 Å². The number of anilines is 1. The van der Waals surface area contributed by atoms with Crippen LogP contribution in [0, 0.1) is 19.7 Å². The molecule has 0 radical (unpaired) electrons. The van der Waals surface area contributed by atoms with Crippen molar-refractivity contribution >= 4 is 11.9 Å². The number of benzene rings is 1. The van der Waals surface area contributed by atoms with Crippen LogP contribution in [0.5, 0.6) is 0 Å². The highest BCUT2D eigenvalue weighted by Gasteiger charge is 2.05. The van der Waals surface area contributed by atoms with E-state index in [4.69, 9.17) is 0 Å². The zero-order chi connectivity index (χ0) is 16.7. The van der Waals surface area contributed by atoms with Gasteiger partial charge in [0, 0.05) is 36.5 Å². The Hall–Kier alpha value is -2.50. The molecule has 0 unspecified atom stereocenters. The van der Waals surface area contributed by atoms with Gasteiger partial charge in [-0.1, -0.05) is 18.2 Å². The zero-order valence-electron chi connectivity index (χ0n) is 13.4. The first-order valence-corrected chi connectivity index (χ1v) is 7.61. The molecule has 2 aromatic rings. The largest absolute Gasteiger partial charge is 0.354 e. The monoisotopic (exact) mass is 316 g/mol. The van der Waals surface area contributed by atoms with Crippen LogP contribution in [0.15, 0.2) is 30.3 Å². The molecule has 2 N–H and O–H groups in total. The Balaban J connectivity index is 1.68. The molecule has 1 aromatic carbocycles. The minimum Gasteiger partial charge on any atom is -0.354 e. The van der Waals surface area contributed by atoms with Crippen LogP contribution in [0.4, 0.5) is 10.3 Å². The van der Waals surface area contributed by atoms with Crippen molar-refractivity contribution in [2.75, 3.05) is 11.9 Å². The highest BCUT2D eigenvalue weighted by Crippen LogP contribution is 2.06. The quantitative estimate of drug-likeness (QED) is 0.771. The van der Waals surface area contributed by atoms with Crippen molar-refractivity contribution < 1.29 is 9.18 Å². The summed E-state index contributed by atoms with van der Waals surface area (Å²) in [5, 5.41) is 5.82. The average Bonchev–Trinajstić information content (AvgIpc) is 2.50. The van der Waals surface area contributed by atoms with Crippen LogP contribution < -0.4 is 10.6 Å². The van der Waals surface area contributed by atoms with Crippen LogP contribution in [0.2, 0.25) is 0 Å². The first-order chi connectivity index (χ1) is 11.0. The first kappa shape index (κ1) is 16.9. The van der Waals surface area contributed by atoms with Crippen molar-refractivity contribution in [3.8, 4) is 0 Å². The van der Waals surface area contributed by atoms with Gasteiger partial charge in [0.15, 0.2) is 0 Å². The van der Waals surface area contributed by atoms with E-state index in [1.807, 2.05) is 19.9 Å². The molecule has 0 saturated carbocycles. The van der Waals surface area contributed by atoms with Gasteiger partial charge in [0.2, 0.25) is 11.9 Å². The summed E-state index contributed by atoms with van der Waals surface area (Å²) in [7, 11) is 0. The summed E-state index contributed by atoms with van der Waals surface area (Å²) in [5.41, 5.74) is 2.30. The van der Waals surface area contributed by atoms with Gasteiger partial charge in [0.1, 0.15) is 5.82 Å². The molecule has 1 aromatic heterocycles. The van der Waals surface area contributed by atoms with Crippen LogP contribution in [0.25, 0.3) is 0 Å². The molecular weight excluding hydrogens is 295 g/mol. The number of carbonyl (C=O) groups is 1. The van der Waals surface area contributed by atoms with Gasteiger partial charge in [-0.3, -0.25) is 4.79 Å². The molecule has 0 bridgehead atoms. The van der Waals surface area contributed by atoms with Gasteiger partial charge in [-0.05, 0) is 32.4 Å². The number of halogens is 1. The third-order valence-corrected chi connectivity index (χ3v) is 3.28. The predicted octanol–water partition coefficient (Wildman–Crippen LogP) is 2.74. The normalized spacial score (nSPS) is 10.4. The van der Waals surface area contributed by atoms with Crippen LogP contribution in [-0.4, -0.2) is 22.4 Å². The topological polar surface area (TPSA) is 66.9 Å². The van der Waals surface area contributed by atoms with E-state index >= 15 is 0 Å². The lowest BCUT2D eigenvalue weighted by Crippen LogP contribution is -2.23. The van der Waals surface area contributed by atoms with Gasteiger partial charge in [-0.25, -0.2) is 14.4 Å². The second-order valence-corrected chi connectivity index (χ2v) is 5.37. The predicted molar refractivity (Wildman–Crippen MR) is 87.5 cm³/mol. The number of hydrogen-bond donors (Lipinski definition) is 2. The molecule has 0 atom stereocenters. The van der Waals surface area contributed by atoms with E-state index in [0.717, 1.165) is 11.4 Å². The fourth-order valence-electron chi connectivity index (χ4n) is 2.18. The number of nitrogens with zero attached hydrogens (tertiary/aromatic N) is 2. The standard InChI is InChI=1S/C17H21FN4O/c1-12-10-13(2)22-17(21-12)19-9-5-8-16(23)20-11-14-6-3-4-7-15(14)18/h3-4,6-7,10H,5,8-9,11H2,1-2H3,(H,20,23)(H,19,21,22). The Morgan fingerprint density at radius 3 is 2.57 bits per heavy atom. The summed E-state index contributed by atoms with van der Waals surface area (Å²) in [5.74, 6) is 0.173. The van der Waals surface area contributed by atoms with Crippen molar-refractivity contribution in [1.82, 2.24) is 15.3 Å². The first-order valence-electron chi connectivity index (χ1n) is 7.61. The van der Waals surface area contributed by atoms with Gasteiger partial charge < -0.3 is 10.6 Å². The number of aromatic nitrogens is 2. The second kappa shape index (κ2) is 8.22. The molecular formula is C17H21FN4O. The molecule has 6 heteroatoms. The maximum absolute atomic E-state index is 13.4. The van der Waals surface area contributed by atoms with Crippen molar-refractivity contribution in [1.29, 1.82) is 0 Å². The van der Waals surface area contributed by atoms with Gasteiger partial charge in [-0.15, -0.1) is 0 Å². The summed E-state index contributed by atoms with van der Waals surface area (Å²) in [6.07, 6.45) is 1.02. The van der Waals surface area contributed by atoms with Crippen molar-refractivity contribution in [3.05, 3.63) is 53.1 Å². The fraction of sp³-hybridized carbons (Fsp3) is 0.353. The minimum atomic E-state index is -0.304. The van der Waals surface area contributed by atoms with Gasteiger partial charge in [0.25, 0.3) is 0 Å². The van der Waals surface area contributed by atoms with Crippen LogP contribution in [-0.2, 0) is 11.3 Å². The molecule has 2 rings (SSSR count). The maximum Gasteiger partial charge on any atom is 0.223 e. The Bertz CT molecular complexity index is 655. The molecule has 0 aliphatic rings. The van der Waals surface area contributed by atoms with Crippen molar-refractivity contribution in [3.63, 3.8) is 0 Å². The number of hydrogen-bond acceptors (Lipinski definition) is 4. The highest BCUT2D eigenvalue weighted by molar-refractivity contribution is 5.75. The lowest BCUT2D eigenvalue weighted by molar-refractivity contribution is -0.121. The molecule has 1 heterocycles. The Morgan fingerprint density at radius 1 is 1.17 bits per heavy atom. The molecule has 23 heavy (non-hydrogen) atoms. The lowest BCUT2D eigenvalue weighted by atomic mass is 10.2. The zero-order valence-corrected chi connectivity index (χ0v) is 13.4. The molecule has 1 amide bonds. The Kier molecular flexibility index (Phi) is 6.02. The number of aryl methyl sites for hydroxylation is 2. The molecule has 0 saturated heterocycles. The van der Waals surface area contributed by atoms with Crippen LogP contribution >= 0.6 is 0 Å². The third-order valence-electron chi connectivity index (χ3n) is 3.28. The summed E-state index contributed by atoms with van der Waals surface area (Å²) >= 11 is 0.